The largest absolute Gasteiger partial charge is 0.397 e. The van der Waals surface area contributed by atoms with Gasteiger partial charge >= 0.3 is 0 Å². The van der Waals surface area contributed by atoms with Gasteiger partial charge in [0.2, 0.25) is 10.0 Å². The normalized spacial score (nSPS) is 11.4. The highest BCUT2D eigenvalue weighted by atomic mass is 79.9. The van der Waals surface area contributed by atoms with Crippen molar-refractivity contribution in [1.82, 2.24) is 0 Å². The summed E-state index contributed by atoms with van der Waals surface area (Å²) in [6.45, 7) is 2.04. The zero-order chi connectivity index (χ0) is 15.6. The van der Waals surface area contributed by atoms with E-state index < -0.39 is 10.0 Å². The topological polar surface area (TPSA) is 98.2 Å². The van der Waals surface area contributed by atoms with Crippen LogP contribution in [0.25, 0.3) is 0 Å². The number of nitrogens with one attached hydrogen (secondary N) is 1. The second kappa shape index (κ2) is 6.05. The van der Waals surface area contributed by atoms with Crippen LogP contribution in [0.15, 0.2) is 45.8 Å². The Morgan fingerprint density at radius 2 is 1.86 bits per heavy atom. The molecule has 0 aliphatic rings. The average molecular weight is 370 g/mol. The van der Waals surface area contributed by atoms with E-state index in [4.69, 9.17) is 10.9 Å². The fourth-order valence-corrected chi connectivity index (χ4v) is 2.89. The third kappa shape index (κ3) is 3.75. The van der Waals surface area contributed by atoms with Crippen LogP contribution in [-0.4, -0.2) is 8.42 Å². The molecule has 21 heavy (non-hydrogen) atoms. The molecule has 5 nitrogen and oxygen atoms in total. The standard InChI is InChI=1S/C14H16BrN3O2S/c1-2-9-7-10(15)3-6-13(9)18-14-8-11(21(17,19)20)4-5-12(14)16/h3-8,18H,2,16H2,1H3,(H2,17,19,20). The monoisotopic (exact) mass is 369 g/mol. The molecule has 5 N–H and O–H groups in total. The Labute approximate surface area is 132 Å². The molecule has 2 rings (SSSR count). The molecule has 0 aliphatic heterocycles. The number of nitrogens with two attached hydrogens (primary N) is 2. The lowest BCUT2D eigenvalue weighted by atomic mass is 10.1. The van der Waals surface area contributed by atoms with E-state index in [0.717, 1.165) is 22.1 Å². The first-order valence-electron chi connectivity index (χ1n) is 6.29. The summed E-state index contributed by atoms with van der Waals surface area (Å²) in [5.74, 6) is 0. The van der Waals surface area contributed by atoms with Gasteiger partial charge in [-0.1, -0.05) is 22.9 Å². The SMILES string of the molecule is CCc1cc(Br)ccc1Nc1cc(S(N)(=O)=O)ccc1N. The third-order valence-corrected chi connectivity index (χ3v) is 4.48. The molecule has 2 aromatic rings. The molecule has 7 heteroatoms. The zero-order valence-corrected chi connectivity index (χ0v) is 13.8. The van der Waals surface area contributed by atoms with Gasteiger partial charge < -0.3 is 11.1 Å². The lowest BCUT2D eigenvalue weighted by Crippen LogP contribution is -2.12. The molecule has 0 unspecified atom stereocenters. The molecular weight excluding hydrogens is 354 g/mol. The van der Waals surface area contributed by atoms with Gasteiger partial charge in [0, 0.05) is 10.2 Å². The van der Waals surface area contributed by atoms with Crippen LogP contribution in [0.2, 0.25) is 0 Å². The summed E-state index contributed by atoms with van der Waals surface area (Å²) >= 11 is 3.43. The first-order chi connectivity index (χ1) is 9.81. The van der Waals surface area contributed by atoms with Crippen LogP contribution in [0.3, 0.4) is 0 Å². The quantitative estimate of drug-likeness (QED) is 0.721. The summed E-state index contributed by atoms with van der Waals surface area (Å²) in [6.07, 6.45) is 0.830. The van der Waals surface area contributed by atoms with Gasteiger partial charge in [-0.15, -0.1) is 0 Å². The van der Waals surface area contributed by atoms with E-state index >= 15 is 0 Å². The molecule has 0 amide bonds. The number of hydrogen-bond donors (Lipinski definition) is 3. The number of anilines is 3. The van der Waals surface area contributed by atoms with Crippen LogP contribution in [0.4, 0.5) is 17.1 Å². The van der Waals surface area contributed by atoms with E-state index in [9.17, 15) is 8.42 Å². The van der Waals surface area contributed by atoms with E-state index in [1.807, 2.05) is 25.1 Å². The molecule has 0 spiro atoms. The minimum absolute atomic E-state index is 0.0226. The van der Waals surface area contributed by atoms with Crippen molar-refractivity contribution in [2.45, 2.75) is 18.2 Å². The Balaban J connectivity index is 2.44. The van der Waals surface area contributed by atoms with Crippen LogP contribution >= 0.6 is 15.9 Å². The Kier molecular flexibility index (Phi) is 4.55. The number of halogens is 1. The summed E-state index contributed by atoms with van der Waals surface area (Å²) in [7, 11) is -3.76. The fourth-order valence-electron chi connectivity index (χ4n) is 1.94. The third-order valence-electron chi connectivity index (χ3n) is 3.07. The minimum atomic E-state index is -3.76. The molecule has 0 aliphatic carbocycles. The van der Waals surface area contributed by atoms with Gasteiger partial charge in [0.15, 0.2) is 0 Å². The van der Waals surface area contributed by atoms with Crippen molar-refractivity contribution in [1.29, 1.82) is 0 Å². The fraction of sp³-hybridized carbons (Fsp3) is 0.143. The molecule has 0 saturated heterocycles. The van der Waals surface area contributed by atoms with Crippen LogP contribution in [-0.2, 0) is 16.4 Å². The highest BCUT2D eigenvalue weighted by Crippen LogP contribution is 2.29. The van der Waals surface area contributed by atoms with Crippen molar-refractivity contribution in [3.63, 3.8) is 0 Å². The second-order valence-electron chi connectivity index (χ2n) is 4.57. The van der Waals surface area contributed by atoms with E-state index in [2.05, 4.69) is 21.2 Å². The van der Waals surface area contributed by atoms with Crippen molar-refractivity contribution in [3.8, 4) is 0 Å². The van der Waals surface area contributed by atoms with E-state index in [1.54, 1.807) is 0 Å². The second-order valence-corrected chi connectivity index (χ2v) is 7.05. The molecule has 0 fully saturated rings. The summed E-state index contributed by atoms with van der Waals surface area (Å²) < 4.78 is 23.8. The predicted octanol–water partition coefficient (Wildman–Crippen LogP) is 2.98. The lowest BCUT2D eigenvalue weighted by molar-refractivity contribution is 0.598. The highest BCUT2D eigenvalue weighted by Gasteiger charge is 2.11. The summed E-state index contributed by atoms with van der Waals surface area (Å²) in [6, 6.07) is 10.2. The Hall–Kier alpha value is -1.57. The summed E-state index contributed by atoms with van der Waals surface area (Å²) in [4.78, 5) is 0.0226. The minimum Gasteiger partial charge on any atom is -0.397 e. The van der Waals surface area contributed by atoms with E-state index in [-0.39, 0.29) is 4.90 Å². The maximum Gasteiger partial charge on any atom is 0.238 e. The van der Waals surface area contributed by atoms with Crippen molar-refractivity contribution >= 4 is 43.0 Å². The molecule has 2 aromatic carbocycles. The molecule has 0 saturated carbocycles. The Bertz CT molecular complexity index is 776. The number of hydrogen-bond acceptors (Lipinski definition) is 4. The first kappa shape index (κ1) is 15.8. The van der Waals surface area contributed by atoms with Gasteiger partial charge in [-0.2, -0.15) is 0 Å². The number of primary sulfonamides is 1. The molecule has 112 valence electrons. The average Bonchev–Trinajstić information content (AvgIpc) is 2.41. The molecule has 0 atom stereocenters. The maximum absolute atomic E-state index is 11.4. The molecule has 0 aromatic heterocycles. The number of benzene rings is 2. The van der Waals surface area contributed by atoms with Crippen LogP contribution in [0.5, 0.6) is 0 Å². The highest BCUT2D eigenvalue weighted by molar-refractivity contribution is 9.10. The number of rotatable bonds is 4. The van der Waals surface area contributed by atoms with Gasteiger partial charge in [0.05, 0.1) is 16.3 Å². The molecule has 0 heterocycles. The van der Waals surface area contributed by atoms with Gasteiger partial charge in [-0.05, 0) is 48.4 Å². The Morgan fingerprint density at radius 3 is 2.48 bits per heavy atom. The van der Waals surface area contributed by atoms with Gasteiger partial charge in [-0.25, -0.2) is 13.6 Å². The number of aryl methyl sites for hydroxylation is 1. The van der Waals surface area contributed by atoms with Crippen LogP contribution < -0.4 is 16.2 Å². The zero-order valence-electron chi connectivity index (χ0n) is 11.4. The Morgan fingerprint density at radius 1 is 1.14 bits per heavy atom. The molecule has 0 radical (unpaired) electrons. The van der Waals surface area contributed by atoms with E-state index in [0.29, 0.717) is 11.4 Å². The van der Waals surface area contributed by atoms with Crippen LogP contribution in [0, 0.1) is 0 Å². The summed E-state index contributed by atoms with van der Waals surface area (Å²) in [5, 5.41) is 8.31. The van der Waals surface area contributed by atoms with Gasteiger partial charge in [-0.3, -0.25) is 0 Å². The first-order valence-corrected chi connectivity index (χ1v) is 8.63. The van der Waals surface area contributed by atoms with Crippen molar-refractivity contribution in [2.24, 2.45) is 5.14 Å². The van der Waals surface area contributed by atoms with E-state index in [1.165, 1.54) is 18.2 Å². The van der Waals surface area contributed by atoms with Crippen molar-refractivity contribution in [3.05, 3.63) is 46.4 Å². The predicted molar refractivity (Wildman–Crippen MR) is 89.0 cm³/mol. The number of sulfonamides is 1. The maximum atomic E-state index is 11.4. The van der Waals surface area contributed by atoms with Gasteiger partial charge in [0.1, 0.15) is 0 Å². The van der Waals surface area contributed by atoms with Crippen molar-refractivity contribution in [2.75, 3.05) is 11.1 Å². The van der Waals surface area contributed by atoms with Gasteiger partial charge in [0.25, 0.3) is 0 Å². The lowest BCUT2D eigenvalue weighted by Gasteiger charge is -2.14. The number of nitrogen functional groups attached to an aromatic ring is 1. The van der Waals surface area contributed by atoms with Crippen molar-refractivity contribution < 1.29 is 8.42 Å². The summed E-state index contributed by atoms with van der Waals surface area (Å²) in [5.41, 5.74) is 8.82. The van der Waals surface area contributed by atoms with Crippen LogP contribution in [0.1, 0.15) is 12.5 Å². The smallest absolute Gasteiger partial charge is 0.238 e. The molecular formula is C14H16BrN3O2S. The molecule has 0 bridgehead atoms.